The smallest absolute Gasteiger partial charge is 0.00266 e. The minimum atomic E-state index is 0.00544. The van der Waals surface area contributed by atoms with Gasteiger partial charge < -0.3 is 0 Å². The van der Waals surface area contributed by atoms with Gasteiger partial charge in [-0.15, -0.1) is 0 Å². The molecule has 4 aromatic rings. The largest absolute Gasteiger partial charge is 0.0622 e. The third kappa shape index (κ3) is 6.12. The normalized spacial score (nSPS) is 13.0. The fourth-order valence-corrected chi connectivity index (χ4v) is 5.65. The van der Waals surface area contributed by atoms with Crippen LogP contribution in [-0.2, 0) is 21.7 Å². The molecule has 0 atom stereocenters. The minimum absolute atomic E-state index is 0.00544. The number of benzene rings is 4. The molecular weight excluding hydrogens is 480 g/mol. The first-order valence-corrected chi connectivity index (χ1v) is 14.9. The lowest BCUT2D eigenvalue weighted by Gasteiger charge is -2.30. The lowest BCUT2D eigenvalue weighted by atomic mass is 9.74. The second-order valence-corrected chi connectivity index (χ2v) is 15.6. The molecule has 0 radical (unpaired) electrons. The number of hydrogen-bond donors (Lipinski definition) is 0. The summed E-state index contributed by atoms with van der Waals surface area (Å²) in [6.07, 6.45) is 0. The molecule has 0 heteroatoms. The first-order chi connectivity index (χ1) is 18.4. The van der Waals surface area contributed by atoms with Crippen molar-refractivity contribution in [1.29, 1.82) is 0 Å². The van der Waals surface area contributed by atoms with Gasteiger partial charge in [0.2, 0.25) is 0 Å². The van der Waals surface area contributed by atoms with Gasteiger partial charge in [-0.05, 0) is 77.3 Å². The highest BCUT2D eigenvalue weighted by molar-refractivity contribution is 5.96. The summed E-state index contributed by atoms with van der Waals surface area (Å²) in [5.41, 5.74) is 13.6. The molecule has 0 fully saturated rings. The molecule has 0 N–H and O–H groups in total. The zero-order valence-electron chi connectivity index (χ0n) is 27.1. The van der Waals surface area contributed by atoms with E-state index in [-0.39, 0.29) is 21.7 Å². The topological polar surface area (TPSA) is 0 Å². The summed E-state index contributed by atoms with van der Waals surface area (Å²) < 4.78 is 0. The summed E-state index contributed by atoms with van der Waals surface area (Å²) in [5, 5.41) is 0. The van der Waals surface area contributed by atoms with Crippen molar-refractivity contribution in [2.24, 2.45) is 0 Å². The maximum atomic E-state index is 2.45. The van der Waals surface area contributed by atoms with Crippen LogP contribution in [0.2, 0.25) is 0 Å². The standard InChI is InChI=1S/C40H50/c1-37(2,3)28-21-23-30(34(25-28)39(7,8)9)32-19-16-20-33(36(32)27-17-14-13-15-18-27)31-24-22-29(38(4,5)6)26-35(31)40(10,11)12/h13-26H,1-12H3. The molecule has 0 aliphatic heterocycles. The third-order valence-corrected chi connectivity index (χ3v) is 8.09. The van der Waals surface area contributed by atoms with Crippen molar-refractivity contribution in [3.63, 3.8) is 0 Å². The van der Waals surface area contributed by atoms with Crippen LogP contribution in [-0.4, -0.2) is 0 Å². The van der Waals surface area contributed by atoms with Gasteiger partial charge in [-0.25, -0.2) is 0 Å². The molecule has 0 heterocycles. The first-order valence-electron chi connectivity index (χ1n) is 14.9. The van der Waals surface area contributed by atoms with Crippen LogP contribution in [0.25, 0.3) is 33.4 Å². The highest BCUT2D eigenvalue weighted by atomic mass is 14.3. The summed E-state index contributed by atoms with van der Waals surface area (Å²) in [4.78, 5) is 0. The molecule has 0 nitrogen and oxygen atoms in total. The highest BCUT2D eigenvalue weighted by Crippen LogP contribution is 2.46. The van der Waals surface area contributed by atoms with Gasteiger partial charge in [0.25, 0.3) is 0 Å². The van der Waals surface area contributed by atoms with Crippen LogP contribution >= 0.6 is 0 Å². The Morgan fingerprint density at radius 2 is 0.750 bits per heavy atom. The second-order valence-electron chi connectivity index (χ2n) is 15.6. The Labute approximate surface area is 244 Å². The van der Waals surface area contributed by atoms with Crippen molar-refractivity contribution >= 4 is 0 Å². The zero-order valence-corrected chi connectivity index (χ0v) is 27.1. The van der Waals surface area contributed by atoms with Gasteiger partial charge in [-0.3, -0.25) is 0 Å². The SMILES string of the molecule is CC(C)(C)c1ccc(-c2cccc(-c3ccc(C(C)(C)C)cc3C(C)(C)C)c2-c2ccccc2)c(C(C)(C)C)c1. The van der Waals surface area contributed by atoms with Crippen molar-refractivity contribution in [3.8, 4) is 33.4 Å². The molecule has 210 valence electrons. The lowest BCUT2D eigenvalue weighted by Crippen LogP contribution is -2.18. The van der Waals surface area contributed by atoms with E-state index in [1.54, 1.807) is 0 Å². The Bertz CT molecular complexity index is 1390. The summed E-state index contributed by atoms with van der Waals surface area (Å²) in [7, 11) is 0. The average Bonchev–Trinajstić information content (AvgIpc) is 2.86. The average molecular weight is 531 g/mol. The Morgan fingerprint density at radius 3 is 1.10 bits per heavy atom. The van der Waals surface area contributed by atoms with E-state index in [9.17, 15) is 0 Å². The predicted molar refractivity (Wildman–Crippen MR) is 178 cm³/mol. The molecule has 0 saturated carbocycles. The van der Waals surface area contributed by atoms with E-state index < -0.39 is 0 Å². The molecule has 0 aliphatic carbocycles. The van der Waals surface area contributed by atoms with E-state index in [4.69, 9.17) is 0 Å². The molecular formula is C40H50. The van der Waals surface area contributed by atoms with E-state index in [2.05, 4.69) is 168 Å². The Hall–Kier alpha value is -3.12. The molecule has 0 bridgehead atoms. The Balaban J connectivity index is 2.12. The first kappa shape index (κ1) is 29.9. The molecule has 4 aromatic carbocycles. The van der Waals surface area contributed by atoms with Gasteiger partial charge in [0.05, 0.1) is 0 Å². The summed E-state index contributed by atoms with van der Waals surface area (Å²) in [6, 6.07) is 32.2. The minimum Gasteiger partial charge on any atom is -0.0622 e. The Kier molecular flexibility index (Phi) is 7.74. The molecule has 0 aliphatic rings. The van der Waals surface area contributed by atoms with Crippen LogP contribution in [0.15, 0.2) is 84.9 Å². The fourth-order valence-electron chi connectivity index (χ4n) is 5.65. The summed E-state index contributed by atoms with van der Waals surface area (Å²) in [5.74, 6) is 0. The molecule has 0 unspecified atom stereocenters. The van der Waals surface area contributed by atoms with Gasteiger partial charge in [-0.1, -0.05) is 168 Å². The van der Waals surface area contributed by atoms with Gasteiger partial charge >= 0.3 is 0 Å². The molecule has 0 aromatic heterocycles. The quantitative estimate of drug-likeness (QED) is 0.247. The van der Waals surface area contributed by atoms with E-state index in [1.807, 2.05) is 0 Å². The Morgan fingerprint density at radius 1 is 0.350 bits per heavy atom. The van der Waals surface area contributed by atoms with Crippen LogP contribution in [0.4, 0.5) is 0 Å². The van der Waals surface area contributed by atoms with Crippen LogP contribution in [0.5, 0.6) is 0 Å². The molecule has 0 amide bonds. The van der Waals surface area contributed by atoms with E-state index in [0.29, 0.717) is 0 Å². The third-order valence-electron chi connectivity index (χ3n) is 8.09. The van der Waals surface area contributed by atoms with Gasteiger partial charge in [0, 0.05) is 0 Å². The molecule has 0 spiro atoms. The number of hydrogen-bond acceptors (Lipinski definition) is 0. The fraction of sp³-hybridized carbons (Fsp3) is 0.400. The van der Waals surface area contributed by atoms with Crippen molar-refractivity contribution in [2.45, 2.75) is 105 Å². The second kappa shape index (κ2) is 10.4. The maximum absolute atomic E-state index is 2.45. The van der Waals surface area contributed by atoms with Crippen molar-refractivity contribution in [3.05, 3.63) is 107 Å². The summed E-state index contributed by atoms with van der Waals surface area (Å²) >= 11 is 0. The van der Waals surface area contributed by atoms with Crippen molar-refractivity contribution in [2.75, 3.05) is 0 Å². The van der Waals surface area contributed by atoms with Crippen LogP contribution in [0, 0.1) is 0 Å². The zero-order chi connectivity index (χ0) is 29.7. The predicted octanol–water partition coefficient (Wildman–Crippen LogP) is 11.9. The van der Waals surface area contributed by atoms with E-state index in [1.165, 1.54) is 55.6 Å². The van der Waals surface area contributed by atoms with Crippen LogP contribution in [0.3, 0.4) is 0 Å². The molecule has 0 saturated heterocycles. The van der Waals surface area contributed by atoms with E-state index in [0.717, 1.165) is 0 Å². The van der Waals surface area contributed by atoms with Crippen molar-refractivity contribution in [1.82, 2.24) is 0 Å². The monoisotopic (exact) mass is 530 g/mol. The number of rotatable bonds is 3. The van der Waals surface area contributed by atoms with E-state index >= 15 is 0 Å². The van der Waals surface area contributed by atoms with Gasteiger partial charge in [0.1, 0.15) is 0 Å². The maximum Gasteiger partial charge on any atom is -0.00266 e. The lowest BCUT2D eigenvalue weighted by molar-refractivity contribution is 0.569. The molecule has 4 rings (SSSR count). The van der Waals surface area contributed by atoms with Crippen molar-refractivity contribution < 1.29 is 0 Å². The van der Waals surface area contributed by atoms with Crippen LogP contribution in [0.1, 0.15) is 105 Å². The highest BCUT2D eigenvalue weighted by Gasteiger charge is 2.27. The van der Waals surface area contributed by atoms with Crippen LogP contribution < -0.4 is 0 Å². The molecule has 40 heavy (non-hydrogen) atoms. The summed E-state index contributed by atoms with van der Waals surface area (Å²) in [6.45, 7) is 27.9. The van der Waals surface area contributed by atoms with Gasteiger partial charge in [-0.2, -0.15) is 0 Å². The van der Waals surface area contributed by atoms with Gasteiger partial charge in [0.15, 0.2) is 0 Å².